The molecule has 1 heterocycles. The number of aryl methyl sites for hydroxylation is 1. The summed E-state index contributed by atoms with van der Waals surface area (Å²) >= 11 is 3.78. The maximum Gasteiger partial charge on any atom is 0.264 e. The summed E-state index contributed by atoms with van der Waals surface area (Å²) in [4.78, 5) is 17.5. The van der Waals surface area contributed by atoms with Gasteiger partial charge in [-0.05, 0) is 49.2 Å². The Balaban J connectivity index is 1.94. The topological polar surface area (TPSA) is 87.5 Å². The molecule has 0 saturated carbocycles. The van der Waals surface area contributed by atoms with Crippen LogP contribution < -0.4 is 4.74 Å². The summed E-state index contributed by atoms with van der Waals surface area (Å²) in [6, 6.07) is 10.5. The van der Waals surface area contributed by atoms with Gasteiger partial charge in [-0.3, -0.25) is 13.3 Å². The summed E-state index contributed by atoms with van der Waals surface area (Å²) in [5.41, 5.74) is 2.64. The number of carbonyl (C=O) groups is 1. The Bertz CT molecular complexity index is 1120. The molecule has 0 aliphatic rings. The molecule has 1 unspecified atom stereocenters. The minimum atomic E-state index is -2.63. The second-order valence-electron chi connectivity index (χ2n) is 7.24. The van der Waals surface area contributed by atoms with Crippen molar-refractivity contribution < 1.29 is 18.3 Å². The second-order valence-corrected chi connectivity index (χ2v) is 8.52. The van der Waals surface area contributed by atoms with Gasteiger partial charge in [0.25, 0.3) is 5.91 Å². The van der Waals surface area contributed by atoms with Gasteiger partial charge in [-0.1, -0.05) is 37.4 Å². The number of hydrogen-bond acceptors (Lipinski definition) is 5. The molecule has 9 heteroatoms. The highest BCUT2D eigenvalue weighted by molar-refractivity contribution is 7.77. The Labute approximate surface area is 189 Å². The van der Waals surface area contributed by atoms with Gasteiger partial charge in [0, 0.05) is 28.4 Å². The van der Waals surface area contributed by atoms with E-state index in [4.69, 9.17) is 16.3 Å². The molecular weight excluding hydrogens is 438 g/mol. The van der Waals surface area contributed by atoms with Crippen LogP contribution >= 0.6 is 11.6 Å². The van der Waals surface area contributed by atoms with E-state index in [0.717, 1.165) is 39.6 Å². The number of rotatable bonds is 9. The van der Waals surface area contributed by atoms with Gasteiger partial charge in [0.2, 0.25) is 0 Å². The third kappa shape index (κ3) is 5.26. The lowest BCUT2D eigenvalue weighted by Gasteiger charge is -2.24. The molecule has 0 radical (unpaired) electrons. The first-order valence-electron chi connectivity index (χ1n) is 10.1. The minimum Gasteiger partial charge on any atom is -0.755 e. The average Bonchev–Trinajstić information content (AvgIpc) is 3.06. The summed E-state index contributed by atoms with van der Waals surface area (Å²) in [6.07, 6.45) is 2.42. The average molecular weight is 463 g/mol. The molecule has 0 spiro atoms. The van der Waals surface area contributed by atoms with Crippen LogP contribution in [0.1, 0.15) is 47.9 Å². The van der Waals surface area contributed by atoms with E-state index in [1.165, 1.54) is 0 Å². The molecule has 0 fully saturated rings. The highest BCUT2D eigenvalue weighted by Gasteiger charge is 2.19. The molecule has 0 aliphatic heterocycles. The lowest BCUT2D eigenvalue weighted by molar-refractivity contribution is 0.0857. The summed E-state index contributed by atoms with van der Waals surface area (Å²) in [5.74, 6) is 0.889. The highest BCUT2D eigenvalue weighted by Crippen LogP contribution is 2.26. The number of methoxy groups -OCH3 is 1. The first kappa shape index (κ1) is 23.2. The molecule has 1 amide bonds. The number of ether oxygens (including phenoxy) is 1. The van der Waals surface area contributed by atoms with Gasteiger partial charge in [0.1, 0.15) is 11.6 Å². The SMILES string of the molecule is CCCCCN(C(=O)c1ccc2nc(C)n(Cc3ccc(OC)cc3Cl)c2c1)S(=O)[O-]. The Morgan fingerprint density at radius 3 is 2.68 bits per heavy atom. The van der Waals surface area contributed by atoms with E-state index in [0.29, 0.717) is 29.3 Å². The lowest BCUT2D eigenvalue weighted by Crippen LogP contribution is -2.33. The normalized spacial score (nSPS) is 12.2. The number of amides is 1. The molecule has 0 N–H and O–H groups in total. The second kappa shape index (κ2) is 10.3. The van der Waals surface area contributed by atoms with Crippen molar-refractivity contribution >= 4 is 39.8 Å². The quantitative estimate of drug-likeness (QED) is 0.345. The molecule has 3 aromatic rings. The molecule has 1 atom stereocenters. The van der Waals surface area contributed by atoms with Crippen molar-refractivity contribution in [2.75, 3.05) is 13.7 Å². The van der Waals surface area contributed by atoms with Crippen LogP contribution in [0.3, 0.4) is 0 Å². The molecular formula is C22H25ClN3O4S-. The molecule has 0 bridgehead atoms. The summed E-state index contributed by atoms with van der Waals surface area (Å²) < 4.78 is 31.3. The minimum absolute atomic E-state index is 0.167. The number of benzene rings is 2. The predicted octanol–water partition coefficient (Wildman–Crippen LogP) is 4.48. The van der Waals surface area contributed by atoms with Crippen LogP contribution in [0.2, 0.25) is 5.02 Å². The monoisotopic (exact) mass is 462 g/mol. The zero-order chi connectivity index (χ0) is 22.5. The smallest absolute Gasteiger partial charge is 0.264 e. The molecule has 166 valence electrons. The third-order valence-corrected chi connectivity index (χ3v) is 6.21. The molecule has 31 heavy (non-hydrogen) atoms. The molecule has 3 rings (SSSR count). The summed E-state index contributed by atoms with van der Waals surface area (Å²) in [5, 5.41) is 0.566. The van der Waals surface area contributed by atoms with E-state index in [1.807, 2.05) is 30.5 Å². The van der Waals surface area contributed by atoms with Crippen LogP contribution in [0.5, 0.6) is 5.75 Å². The van der Waals surface area contributed by atoms with E-state index in [9.17, 15) is 13.6 Å². The maximum absolute atomic E-state index is 12.9. The Morgan fingerprint density at radius 1 is 1.26 bits per heavy atom. The fourth-order valence-electron chi connectivity index (χ4n) is 3.42. The Morgan fingerprint density at radius 2 is 2.03 bits per heavy atom. The van der Waals surface area contributed by atoms with Crippen LogP contribution in [0.15, 0.2) is 36.4 Å². The van der Waals surface area contributed by atoms with Crippen molar-refractivity contribution in [3.05, 3.63) is 58.4 Å². The van der Waals surface area contributed by atoms with E-state index in [1.54, 1.807) is 31.4 Å². The van der Waals surface area contributed by atoms with E-state index in [-0.39, 0.29) is 6.54 Å². The number of halogens is 1. The van der Waals surface area contributed by atoms with Crippen molar-refractivity contribution in [2.24, 2.45) is 0 Å². The van der Waals surface area contributed by atoms with Crippen LogP contribution in [0.25, 0.3) is 11.0 Å². The first-order valence-corrected chi connectivity index (χ1v) is 11.5. The van der Waals surface area contributed by atoms with E-state index >= 15 is 0 Å². The van der Waals surface area contributed by atoms with E-state index in [2.05, 4.69) is 4.98 Å². The predicted molar refractivity (Wildman–Crippen MR) is 121 cm³/mol. The van der Waals surface area contributed by atoms with Crippen molar-refractivity contribution in [1.82, 2.24) is 13.9 Å². The number of imidazole rings is 1. The molecule has 0 aliphatic carbocycles. The van der Waals surface area contributed by atoms with Crippen molar-refractivity contribution in [3.63, 3.8) is 0 Å². The number of fused-ring (bicyclic) bond motifs is 1. The Hall–Kier alpha value is -2.42. The van der Waals surface area contributed by atoms with Crippen molar-refractivity contribution in [1.29, 1.82) is 0 Å². The van der Waals surface area contributed by atoms with Crippen molar-refractivity contribution in [2.45, 2.75) is 39.7 Å². The number of aromatic nitrogens is 2. The van der Waals surface area contributed by atoms with Gasteiger partial charge in [0.15, 0.2) is 0 Å². The standard InChI is InChI=1S/C22H26ClN3O4S/c1-4-5-6-11-26(31(28)29)22(27)16-8-10-20-21(12-16)25(15(2)24-20)14-17-7-9-18(30-3)13-19(17)23/h7-10,12-13H,4-6,11,14H2,1-3H3,(H,28,29)/p-1. The first-order chi connectivity index (χ1) is 14.8. The van der Waals surface area contributed by atoms with Crippen LogP contribution in [-0.2, 0) is 17.8 Å². The summed E-state index contributed by atoms with van der Waals surface area (Å²) in [7, 11) is 1.58. The van der Waals surface area contributed by atoms with Gasteiger partial charge in [-0.25, -0.2) is 4.98 Å². The Kier molecular flexibility index (Phi) is 7.69. The van der Waals surface area contributed by atoms with Gasteiger partial charge in [-0.15, -0.1) is 0 Å². The molecule has 7 nitrogen and oxygen atoms in total. The van der Waals surface area contributed by atoms with Gasteiger partial charge < -0.3 is 13.9 Å². The van der Waals surface area contributed by atoms with Gasteiger partial charge in [-0.2, -0.15) is 0 Å². The fraction of sp³-hybridized carbons (Fsp3) is 0.364. The third-order valence-electron chi connectivity index (χ3n) is 5.15. The van der Waals surface area contributed by atoms with Gasteiger partial charge >= 0.3 is 0 Å². The largest absolute Gasteiger partial charge is 0.755 e. The molecule has 0 saturated heterocycles. The lowest BCUT2D eigenvalue weighted by atomic mass is 10.1. The number of carbonyl (C=O) groups excluding carboxylic acids is 1. The number of hydrogen-bond donors (Lipinski definition) is 0. The van der Waals surface area contributed by atoms with Crippen LogP contribution in [0, 0.1) is 6.92 Å². The number of nitrogens with zero attached hydrogens (tertiary/aromatic N) is 3. The molecule has 2 aromatic carbocycles. The zero-order valence-electron chi connectivity index (χ0n) is 17.8. The number of unbranched alkanes of at least 4 members (excludes halogenated alkanes) is 2. The van der Waals surface area contributed by atoms with Crippen LogP contribution in [0.4, 0.5) is 0 Å². The summed E-state index contributed by atoms with van der Waals surface area (Å²) in [6.45, 7) is 4.52. The highest BCUT2D eigenvalue weighted by atomic mass is 35.5. The fourth-order valence-corrected chi connectivity index (χ4v) is 4.17. The van der Waals surface area contributed by atoms with E-state index < -0.39 is 17.2 Å². The van der Waals surface area contributed by atoms with Gasteiger partial charge in [0.05, 0.1) is 24.7 Å². The van der Waals surface area contributed by atoms with Crippen molar-refractivity contribution in [3.8, 4) is 5.75 Å². The van der Waals surface area contributed by atoms with Crippen LogP contribution in [-0.4, -0.2) is 42.2 Å². The molecule has 1 aromatic heterocycles. The maximum atomic E-state index is 12.9. The zero-order valence-corrected chi connectivity index (χ0v) is 19.3.